The van der Waals surface area contributed by atoms with Gasteiger partial charge in [-0.05, 0) is 47.9 Å². The summed E-state index contributed by atoms with van der Waals surface area (Å²) in [5.74, 6) is -0.143. The van der Waals surface area contributed by atoms with Crippen LogP contribution in [0.25, 0.3) is 10.8 Å². The van der Waals surface area contributed by atoms with Crippen LogP contribution >= 0.6 is 0 Å². The molecule has 0 saturated carbocycles. The molecule has 1 fully saturated rings. The average Bonchev–Trinajstić information content (AvgIpc) is 3.08. The molecule has 0 spiro atoms. The third-order valence-electron chi connectivity index (χ3n) is 5.56. The fourth-order valence-corrected chi connectivity index (χ4v) is 5.41. The number of ketones is 1. The molecule has 1 saturated heterocycles. The minimum absolute atomic E-state index is 0.103. The summed E-state index contributed by atoms with van der Waals surface area (Å²) in [6, 6.07) is 20.4. The van der Waals surface area contributed by atoms with E-state index in [0.29, 0.717) is 18.7 Å². The lowest BCUT2D eigenvalue weighted by Gasteiger charge is -2.20. The van der Waals surface area contributed by atoms with Crippen LogP contribution in [-0.4, -0.2) is 38.1 Å². The first-order valence-corrected chi connectivity index (χ1v) is 11.8. The van der Waals surface area contributed by atoms with E-state index in [1.54, 1.807) is 22.5 Å². The molecule has 156 valence electrons. The molecular weight excluding hydrogens is 396 g/mol. The molecule has 0 atom stereocenters. The Balaban J connectivity index is 1.47. The van der Waals surface area contributed by atoms with E-state index < -0.39 is 10.0 Å². The summed E-state index contributed by atoms with van der Waals surface area (Å²) in [5, 5.41) is 5.39. The zero-order valence-electron chi connectivity index (χ0n) is 16.9. The van der Waals surface area contributed by atoms with Gasteiger partial charge >= 0.3 is 0 Å². The summed E-state index contributed by atoms with van der Waals surface area (Å²) >= 11 is 0. The van der Waals surface area contributed by atoms with Gasteiger partial charge in [0.1, 0.15) is 0 Å². The number of anilines is 1. The van der Waals surface area contributed by atoms with Crippen molar-refractivity contribution in [2.24, 2.45) is 0 Å². The van der Waals surface area contributed by atoms with Crippen LogP contribution in [0.15, 0.2) is 71.6 Å². The van der Waals surface area contributed by atoms with Gasteiger partial charge < -0.3 is 5.32 Å². The largest absolute Gasteiger partial charge is 0.378 e. The van der Waals surface area contributed by atoms with Crippen LogP contribution in [0.2, 0.25) is 0 Å². The summed E-state index contributed by atoms with van der Waals surface area (Å²) in [6.45, 7) is 1.19. The van der Waals surface area contributed by atoms with Crippen molar-refractivity contribution in [3.8, 4) is 0 Å². The number of Topliss-reactive ketones (excluding diaryl/α,β-unsaturated/α-hetero) is 1. The highest BCUT2D eigenvalue weighted by Crippen LogP contribution is 2.22. The number of benzene rings is 3. The first kappa shape index (κ1) is 20.6. The summed E-state index contributed by atoms with van der Waals surface area (Å²) in [4.78, 5) is 12.9. The van der Waals surface area contributed by atoms with Gasteiger partial charge in [-0.25, -0.2) is 8.42 Å². The third kappa shape index (κ3) is 4.55. The lowest BCUT2D eigenvalue weighted by atomic mass is 10.1. The maximum atomic E-state index is 13.0. The van der Waals surface area contributed by atoms with E-state index >= 15 is 0 Å². The average molecular weight is 423 g/mol. The summed E-state index contributed by atoms with van der Waals surface area (Å²) in [7, 11) is -3.57. The molecule has 0 radical (unpaired) electrons. The number of sulfonamides is 1. The van der Waals surface area contributed by atoms with Crippen molar-refractivity contribution in [2.75, 3.05) is 25.0 Å². The summed E-state index contributed by atoms with van der Waals surface area (Å²) in [5.41, 5.74) is 1.26. The van der Waals surface area contributed by atoms with Crippen LogP contribution in [-0.2, 0) is 10.0 Å². The Hall–Kier alpha value is -2.70. The minimum Gasteiger partial charge on any atom is -0.378 e. The summed E-state index contributed by atoms with van der Waals surface area (Å²) in [6.07, 6.45) is 3.89. The number of rotatable bonds is 6. The van der Waals surface area contributed by atoms with Gasteiger partial charge in [0.2, 0.25) is 10.0 Å². The summed E-state index contributed by atoms with van der Waals surface area (Å²) < 4.78 is 27.6. The molecule has 3 aromatic rings. The zero-order chi connectivity index (χ0) is 21.0. The fourth-order valence-electron chi connectivity index (χ4n) is 3.84. The van der Waals surface area contributed by atoms with Crippen molar-refractivity contribution >= 4 is 32.3 Å². The van der Waals surface area contributed by atoms with Crippen LogP contribution in [0.5, 0.6) is 0 Å². The Morgan fingerprint density at radius 3 is 2.33 bits per heavy atom. The van der Waals surface area contributed by atoms with Gasteiger partial charge in [-0.3, -0.25) is 4.79 Å². The van der Waals surface area contributed by atoms with Gasteiger partial charge in [0.05, 0.1) is 11.4 Å². The molecule has 0 bridgehead atoms. The van der Waals surface area contributed by atoms with E-state index in [9.17, 15) is 13.2 Å². The molecule has 4 rings (SSSR count). The van der Waals surface area contributed by atoms with Gasteiger partial charge in [-0.2, -0.15) is 4.31 Å². The SMILES string of the molecule is O=C(CNc1ccc2ccccc2c1)c1cccc(S(=O)(=O)N2CCCCCC2)c1. The number of fused-ring (bicyclic) bond motifs is 1. The number of nitrogens with one attached hydrogen (secondary N) is 1. The topological polar surface area (TPSA) is 66.5 Å². The maximum Gasteiger partial charge on any atom is 0.243 e. The third-order valence-corrected chi connectivity index (χ3v) is 7.46. The van der Waals surface area contributed by atoms with Crippen molar-refractivity contribution in [3.05, 3.63) is 72.3 Å². The highest BCUT2D eigenvalue weighted by Gasteiger charge is 2.25. The second-order valence-corrected chi connectivity index (χ2v) is 9.62. The molecule has 1 aliphatic rings. The predicted octanol–water partition coefficient (Wildman–Crippen LogP) is 4.70. The minimum atomic E-state index is -3.57. The molecule has 30 heavy (non-hydrogen) atoms. The van der Waals surface area contributed by atoms with Crippen molar-refractivity contribution in [1.29, 1.82) is 0 Å². The lowest BCUT2D eigenvalue weighted by Crippen LogP contribution is -2.32. The molecule has 6 heteroatoms. The first-order valence-electron chi connectivity index (χ1n) is 10.4. The Kier molecular flexibility index (Phi) is 6.16. The Morgan fingerprint density at radius 2 is 1.57 bits per heavy atom. The standard InChI is InChI=1S/C24H26N2O3S/c27-24(18-25-22-13-12-19-8-3-4-9-20(19)16-22)21-10-7-11-23(17-21)30(28,29)26-14-5-1-2-6-15-26/h3-4,7-13,16-17,25H,1-2,5-6,14-15,18H2. The predicted molar refractivity (Wildman–Crippen MR) is 120 cm³/mol. The Bertz CT molecular complexity index is 1150. The van der Waals surface area contributed by atoms with Gasteiger partial charge in [-0.1, -0.05) is 55.3 Å². The highest BCUT2D eigenvalue weighted by molar-refractivity contribution is 7.89. The Morgan fingerprint density at radius 1 is 0.833 bits per heavy atom. The van der Waals surface area contributed by atoms with Crippen molar-refractivity contribution in [3.63, 3.8) is 0 Å². The van der Waals surface area contributed by atoms with E-state index in [1.165, 1.54) is 6.07 Å². The molecule has 5 nitrogen and oxygen atoms in total. The maximum absolute atomic E-state index is 13.0. The molecule has 1 N–H and O–H groups in total. The molecule has 1 aliphatic heterocycles. The monoisotopic (exact) mass is 422 g/mol. The van der Waals surface area contributed by atoms with E-state index in [0.717, 1.165) is 42.1 Å². The molecule has 0 unspecified atom stereocenters. The smallest absolute Gasteiger partial charge is 0.243 e. The molecule has 1 heterocycles. The van der Waals surface area contributed by atoms with E-state index in [4.69, 9.17) is 0 Å². The Labute approximate surface area is 177 Å². The van der Waals surface area contributed by atoms with Crippen molar-refractivity contribution in [2.45, 2.75) is 30.6 Å². The number of carbonyl (C=O) groups is 1. The van der Waals surface area contributed by atoms with Crippen LogP contribution in [0, 0.1) is 0 Å². The second kappa shape index (κ2) is 8.98. The van der Waals surface area contributed by atoms with Gasteiger partial charge in [0.25, 0.3) is 0 Å². The number of hydrogen-bond acceptors (Lipinski definition) is 4. The van der Waals surface area contributed by atoms with Crippen LogP contribution in [0.3, 0.4) is 0 Å². The quantitative estimate of drug-likeness (QED) is 0.585. The van der Waals surface area contributed by atoms with E-state index in [-0.39, 0.29) is 17.2 Å². The molecule has 3 aromatic carbocycles. The zero-order valence-corrected chi connectivity index (χ0v) is 17.7. The van der Waals surface area contributed by atoms with Gasteiger partial charge in [0.15, 0.2) is 5.78 Å². The highest BCUT2D eigenvalue weighted by atomic mass is 32.2. The fraction of sp³-hybridized carbons (Fsp3) is 0.292. The van der Waals surface area contributed by atoms with Gasteiger partial charge in [-0.15, -0.1) is 0 Å². The van der Waals surface area contributed by atoms with E-state index in [1.807, 2.05) is 42.5 Å². The molecule has 0 aromatic heterocycles. The normalized spacial score (nSPS) is 15.6. The lowest BCUT2D eigenvalue weighted by molar-refractivity contribution is 0.101. The van der Waals surface area contributed by atoms with E-state index in [2.05, 4.69) is 5.32 Å². The number of hydrogen-bond donors (Lipinski definition) is 1. The van der Waals surface area contributed by atoms with Crippen molar-refractivity contribution in [1.82, 2.24) is 4.31 Å². The first-order chi connectivity index (χ1) is 14.5. The number of carbonyl (C=O) groups excluding carboxylic acids is 1. The van der Waals surface area contributed by atoms with Crippen LogP contribution < -0.4 is 5.32 Å². The second-order valence-electron chi connectivity index (χ2n) is 7.68. The van der Waals surface area contributed by atoms with Gasteiger partial charge in [0, 0.05) is 24.3 Å². The van der Waals surface area contributed by atoms with Crippen LogP contribution in [0.1, 0.15) is 36.0 Å². The number of nitrogens with zero attached hydrogens (tertiary/aromatic N) is 1. The van der Waals surface area contributed by atoms with Crippen molar-refractivity contribution < 1.29 is 13.2 Å². The van der Waals surface area contributed by atoms with Crippen LogP contribution in [0.4, 0.5) is 5.69 Å². The molecule has 0 aliphatic carbocycles. The molecular formula is C24H26N2O3S. The molecule has 0 amide bonds.